The van der Waals surface area contributed by atoms with E-state index in [0.717, 1.165) is 0 Å². The molecular weight excluding hydrogens is 230 g/mol. The van der Waals surface area contributed by atoms with Crippen LogP contribution in [0.4, 0.5) is 10.5 Å². The molecule has 5 nitrogen and oxygen atoms in total. The number of anilines is 1. The smallest absolute Gasteiger partial charge is 0.435 e. The van der Waals surface area contributed by atoms with Crippen molar-refractivity contribution in [3.8, 4) is 0 Å². The largest absolute Gasteiger partial charge is 0.447 e. The van der Waals surface area contributed by atoms with Crippen molar-refractivity contribution >= 4 is 17.6 Å². The number of carbonyl (C=O) groups is 1. The number of hydrogen-bond acceptors (Lipinski definition) is 3. The average molecular weight is 249 g/mol. The number of rotatable bonds is 2. The van der Waals surface area contributed by atoms with Gasteiger partial charge in [-0.3, -0.25) is 0 Å². The van der Waals surface area contributed by atoms with Crippen LogP contribution in [-0.4, -0.2) is 18.5 Å². The first-order chi connectivity index (χ1) is 8.28. The van der Waals surface area contributed by atoms with E-state index in [1.807, 2.05) is 20.8 Å². The SMILES string of the molecule is CC(C)(C)COC(=O)N=C(N)c1ccc(N)cc1. The van der Waals surface area contributed by atoms with Gasteiger partial charge >= 0.3 is 6.09 Å². The number of benzene rings is 1. The second-order valence-electron chi connectivity index (χ2n) is 5.23. The van der Waals surface area contributed by atoms with E-state index in [1.165, 1.54) is 0 Å². The maximum Gasteiger partial charge on any atom is 0.435 e. The van der Waals surface area contributed by atoms with Gasteiger partial charge < -0.3 is 16.2 Å². The van der Waals surface area contributed by atoms with Gasteiger partial charge in [0.1, 0.15) is 5.84 Å². The van der Waals surface area contributed by atoms with E-state index in [-0.39, 0.29) is 11.3 Å². The highest BCUT2D eigenvalue weighted by Gasteiger charge is 2.13. The van der Waals surface area contributed by atoms with Gasteiger partial charge in [-0.2, -0.15) is 4.99 Å². The van der Waals surface area contributed by atoms with Gasteiger partial charge in [-0.05, 0) is 29.7 Å². The third-order valence-corrected chi connectivity index (χ3v) is 2.05. The van der Waals surface area contributed by atoms with Gasteiger partial charge in [0.25, 0.3) is 0 Å². The summed E-state index contributed by atoms with van der Waals surface area (Å²) in [5, 5.41) is 0. The molecule has 0 heterocycles. The summed E-state index contributed by atoms with van der Waals surface area (Å²) in [6.07, 6.45) is -0.681. The molecule has 1 aromatic rings. The third kappa shape index (κ3) is 4.86. The number of aliphatic imine (C=N–C) groups is 1. The fourth-order valence-corrected chi connectivity index (χ4v) is 1.13. The Labute approximate surface area is 107 Å². The minimum Gasteiger partial charge on any atom is -0.447 e. The molecule has 1 aromatic carbocycles. The minimum absolute atomic E-state index is 0.0961. The Morgan fingerprint density at radius 1 is 1.28 bits per heavy atom. The zero-order chi connectivity index (χ0) is 13.8. The second kappa shape index (κ2) is 5.53. The van der Waals surface area contributed by atoms with Crippen molar-refractivity contribution in [1.82, 2.24) is 0 Å². The van der Waals surface area contributed by atoms with Gasteiger partial charge in [0.15, 0.2) is 0 Å². The Morgan fingerprint density at radius 3 is 2.33 bits per heavy atom. The molecule has 98 valence electrons. The Hall–Kier alpha value is -2.04. The van der Waals surface area contributed by atoms with Crippen molar-refractivity contribution in [3.05, 3.63) is 29.8 Å². The summed E-state index contributed by atoms with van der Waals surface area (Å²) in [5.74, 6) is 0.119. The van der Waals surface area contributed by atoms with Gasteiger partial charge in [0.05, 0.1) is 6.61 Å². The average Bonchev–Trinajstić information content (AvgIpc) is 2.26. The summed E-state index contributed by atoms with van der Waals surface area (Å²) < 4.78 is 4.99. The standard InChI is InChI=1S/C13H19N3O2/c1-13(2,3)8-18-12(17)16-11(15)9-4-6-10(14)7-5-9/h4-7H,8,14H2,1-3H3,(H2,15,16,17). The van der Waals surface area contributed by atoms with Crippen LogP contribution in [0.5, 0.6) is 0 Å². The van der Waals surface area contributed by atoms with Crippen LogP contribution in [-0.2, 0) is 4.74 Å². The lowest BCUT2D eigenvalue weighted by Crippen LogP contribution is -2.20. The van der Waals surface area contributed by atoms with E-state index in [1.54, 1.807) is 24.3 Å². The van der Waals surface area contributed by atoms with Crippen molar-refractivity contribution in [2.24, 2.45) is 16.1 Å². The summed E-state index contributed by atoms with van der Waals surface area (Å²) in [6, 6.07) is 6.78. The molecule has 0 spiro atoms. The van der Waals surface area contributed by atoms with Crippen molar-refractivity contribution < 1.29 is 9.53 Å². The molecule has 1 rings (SSSR count). The van der Waals surface area contributed by atoms with Crippen LogP contribution in [0.25, 0.3) is 0 Å². The molecule has 0 saturated heterocycles. The molecule has 0 bridgehead atoms. The van der Waals surface area contributed by atoms with E-state index in [4.69, 9.17) is 16.2 Å². The molecule has 18 heavy (non-hydrogen) atoms. The quantitative estimate of drug-likeness (QED) is 0.477. The van der Waals surface area contributed by atoms with Crippen LogP contribution >= 0.6 is 0 Å². The summed E-state index contributed by atoms with van der Waals surface area (Å²) in [5.41, 5.74) is 12.4. The van der Waals surface area contributed by atoms with E-state index in [9.17, 15) is 4.79 Å². The molecule has 0 aliphatic carbocycles. The highest BCUT2D eigenvalue weighted by Crippen LogP contribution is 2.13. The monoisotopic (exact) mass is 249 g/mol. The number of amidine groups is 1. The molecule has 0 aliphatic rings. The number of hydrogen-bond donors (Lipinski definition) is 2. The molecule has 0 fully saturated rings. The van der Waals surface area contributed by atoms with Crippen molar-refractivity contribution in [2.45, 2.75) is 20.8 Å². The van der Waals surface area contributed by atoms with E-state index in [0.29, 0.717) is 17.9 Å². The number of carbonyl (C=O) groups excluding carboxylic acids is 1. The first kappa shape index (κ1) is 14.0. The van der Waals surface area contributed by atoms with Gasteiger partial charge in [-0.25, -0.2) is 4.79 Å². The summed E-state index contributed by atoms with van der Waals surface area (Å²) >= 11 is 0. The molecular formula is C13H19N3O2. The Kier molecular flexibility index (Phi) is 4.31. The van der Waals surface area contributed by atoms with Crippen molar-refractivity contribution in [3.63, 3.8) is 0 Å². The number of ether oxygens (including phenoxy) is 1. The maximum atomic E-state index is 11.4. The molecule has 0 aliphatic heterocycles. The molecule has 4 N–H and O–H groups in total. The molecule has 1 amide bonds. The highest BCUT2D eigenvalue weighted by molar-refractivity contribution is 6.02. The van der Waals surface area contributed by atoms with Crippen LogP contribution < -0.4 is 11.5 Å². The fourth-order valence-electron chi connectivity index (χ4n) is 1.13. The molecule has 0 radical (unpaired) electrons. The van der Waals surface area contributed by atoms with Gasteiger partial charge in [-0.1, -0.05) is 20.8 Å². The molecule has 0 saturated carbocycles. The van der Waals surface area contributed by atoms with Gasteiger partial charge in [0, 0.05) is 11.3 Å². The van der Waals surface area contributed by atoms with Crippen LogP contribution in [0.15, 0.2) is 29.3 Å². The van der Waals surface area contributed by atoms with Crippen LogP contribution in [0, 0.1) is 5.41 Å². The lowest BCUT2D eigenvalue weighted by Gasteiger charge is -2.16. The molecule has 5 heteroatoms. The summed E-state index contributed by atoms with van der Waals surface area (Å²) in [4.78, 5) is 15.1. The molecule has 0 aromatic heterocycles. The normalized spacial score (nSPS) is 12.3. The van der Waals surface area contributed by atoms with Crippen LogP contribution in [0.3, 0.4) is 0 Å². The highest BCUT2D eigenvalue weighted by atomic mass is 16.5. The van der Waals surface area contributed by atoms with Crippen molar-refractivity contribution in [1.29, 1.82) is 0 Å². The predicted octanol–water partition coefficient (Wildman–Crippen LogP) is 2.16. The Morgan fingerprint density at radius 2 is 1.83 bits per heavy atom. The van der Waals surface area contributed by atoms with Crippen LogP contribution in [0.2, 0.25) is 0 Å². The molecule has 0 atom stereocenters. The molecule has 0 unspecified atom stereocenters. The summed E-state index contributed by atoms with van der Waals surface area (Å²) in [6.45, 7) is 6.19. The first-order valence-electron chi connectivity index (χ1n) is 5.65. The van der Waals surface area contributed by atoms with Crippen molar-refractivity contribution in [2.75, 3.05) is 12.3 Å². The van der Waals surface area contributed by atoms with Crippen LogP contribution in [0.1, 0.15) is 26.3 Å². The Bertz CT molecular complexity index is 444. The zero-order valence-electron chi connectivity index (χ0n) is 10.9. The number of nitrogens with zero attached hydrogens (tertiary/aromatic N) is 1. The summed E-state index contributed by atoms with van der Waals surface area (Å²) in [7, 11) is 0. The van der Waals surface area contributed by atoms with E-state index >= 15 is 0 Å². The first-order valence-corrected chi connectivity index (χ1v) is 5.65. The number of nitrogen functional groups attached to an aromatic ring is 1. The van der Waals surface area contributed by atoms with Gasteiger partial charge in [0.2, 0.25) is 0 Å². The lowest BCUT2D eigenvalue weighted by molar-refractivity contribution is 0.115. The lowest BCUT2D eigenvalue weighted by atomic mass is 9.99. The zero-order valence-corrected chi connectivity index (χ0v) is 10.9. The van der Waals surface area contributed by atoms with Gasteiger partial charge in [-0.15, -0.1) is 0 Å². The minimum atomic E-state index is -0.681. The van der Waals surface area contributed by atoms with E-state index in [2.05, 4.69) is 4.99 Å². The predicted molar refractivity (Wildman–Crippen MR) is 72.4 cm³/mol. The Balaban J connectivity index is 2.66. The third-order valence-electron chi connectivity index (χ3n) is 2.05. The number of amides is 1. The van der Waals surface area contributed by atoms with E-state index < -0.39 is 6.09 Å². The maximum absolute atomic E-state index is 11.4. The number of nitrogens with two attached hydrogens (primary N) is 2. The topological polar surface area (TPSA) is 90.7 Å². The fraction of sp³-hybridized carbons (Fsp3) is 0.385. The second-order valence-corrected chi connectivity index (χ2v) is 5.23.